The molecular formula is C15H10BrClS. The number of halogens is 2. The van der Waals surface area contributed by atoms with Gasteiger partial charge < -0.3 is 0 Å². The molecule has 0 amide bonds. The van der Waals surface area contributed by atoms with Crippen molar-refractivity contribution in [2.24, 2.45) is 0 Å². The summed E-state index contributed by atoms with van der Waals surface area (Å²) in [5.74, 6) is 0. The SMILES string of the molecule is Clc1ccc(Cc2cc3ccccc3s2)cc1Br. The van der Waals surface area contributed by atoms with Crippen LogP contribution in [0.4, 0.5) is 0 Å². The van der Waals surface area contributed by atoms with Crippen LogP contribution in [0.3, 0.4) is 0 Å². The first-order valence-electron chi connectivity index (χ1n) is 5.64. The van der Waals surface area contributed by atoms with E-state index in [1.807, 2.05) is 17.4 Å². The van der Waals surface area contributed by atoms with Gasteiger partial charge in [-0.05, 0) is 51.1 Å². The third-order valence-electron chi connectivity index (χ3n) is 2.84. The highest BCUT2D eigenvalue weighted by Crippen LogP contribution is 2.29. The minimum atomic E-state index is 0.759. The van der Waals surface area contributed by atoms with Gasteiger partial charge in [0.05, 0.1) is 5.02 Å². The van der Waals surface area contributed by atoms with Crippen LogP contribution in [0.1, 0.15) is 10.4 Å². The van der Waals surface area contributed by atoms with E-state index in [4.69, 9.17) is 11.6 Å². The number of hydrogen-bond acceptors (Lipinski definition) is 1. The van der Waals surface area contributed by atoms with E-state index in [0.29, 0.717) is 0 Å². The summed E-state index contributed by atoms with van der Waals surface area (Å²) in [5.41, 5.74) is 1.28. The van der Waals surface area contributed by atoms with Crippen LogP contribution in [0, 0.1) is 0 Å². The minimum Gasteiger partial charge on any atom is -0.140 e. The molecule has 18 heavy (non-hydrogen) atoms. The lowest BCUT2D eigenvalue weighted by molar-refractivity contribution is 1.24. The van der Waals surface area contributed by atoms with E-state index in [0.717, 1.165) is 15.9 Å². The van der Waals surface area contributed by atoms with Crippen molar-refractivity contribution in [1.82, 2.24) is 0 Å². The molecule has 0 fully saturated rings. The monoisotopic (exact) mass is 336 g/mol. The van der Waals surface area contributed by atoms with Crippen molar-refractivity contribution in [2.75, 3.05) is 0 Å². The number of fused-ring (bicyclic) bond motifs is 1. The van der Waals surface area contributed by atoms with Gasteiger partial charge in [-0.3, -0.25) is 0 Å². The van der Waals surface area contributed by atoms with Gasteiger partial charge in [-0.2, -0.15) is 0 Å². The molecule has 0 spiro atoms. The van der Waals surface area contributed by atoms with Gasteiger partial charge in [-0.25, -0.2) is 0 Å². The molecule has 0 nitrogen and oxygen atoms in total. The molecule has 3 rings (SSSR count). The summed E-state index contributed by atoms with van der Waals surface area (Å²) < 4.78 is 2.31. The Labute approximate surface area is 123 Å². The Morgan fingerprint density at radius 2 is 1.89 bits per heavy atom. The highest BCUT2D eigenvalue weighted by molar-refractivity contribution is 9.10. The third kappa shape index (κ3) is 2.46. The van der Waals surface area contributed by atoms with Gasteiger partial charge in [0, 0.05) is 20.5 Å². The zero-order valence-electron chi connectivity index (χ0n) is 9.49. The maximum atomic E-state index is 6.00. The summed E-state index contributed by atoms with van der Waals surface area (Å²) in [4.78, 5) is 1.38. The van der Waals surface area contributed by atoms with E-state index in [-0.39, 0.29) is 0 Å². The predicted octanol–water partition coefficient (Wildman–Crippen LogP) is 5.91. The van der Waals surface area contributed by atoms with Crippen molar-refractivity contribution in [3.05, 3.63) is 68.5 Å². The molecule has 3 aromatic rings. The van der Waals surface area contributed by atoms with Gasteiger partial charge in [-0.15, -0.1) is 11.3 Å². The number of thiophene rings is 1. The van der Waals surface area contributed by atoms with Crippen molar-refractivity contribution < 1.29 is 0 Å². The van der Waals surface area contributed by atoms with E-state index in [9.17, 15) is 0 Å². The smallest absolute Gasteiger partial charge is 0.0548 e. The first-order chi connectivity index (χ1) is 8.72. The normalized spacial score (nSPS) is 11.0. The average molecular weight is 338 g/mol. The Bertz CT molecular complexity index is 670. The summed E-state index contributed by atoms with van der Waals surface area (Å²) in [7, 11) is 0. The van der Waals surface area contributed by atoms with E-state index < -0.39 is 0 Å². The minimum absolute atomic E-state index is 0.759. The van der Waals surface area contributed by atoms with Gasteiger partial charge in [0.25, 0.3) is 0 Å². The summed E-state index contributed by atoms with van der Waals surface area (Å²) in [5, 5.41) is 2.08. The van der Waals surface area contributed by atoms with Crippen LogP contribution in [-0.2, 0) is 6.42 Å². The maximum Gasteiger partial charge on any atom is 0.0548 e. The molecule has 2 aromatic carbocycles. The van der Waals surface area contributed by atoms with E-state index in [1.165, 1.54) is 20.5 Å². The molecule has 0 aliphatic rings. The van der Waals surface area contributed by atoms with Gasteiger partial charge in [0.15, 0.2) is 0 Å². The van der Waals surface area contributed by atoms with Gasteiger partial charge >= 0.3 is 0 Å². The lowest BCUT2D eigenvalue weighted by Crippen LogP contribution is -1.84. The molecule has 0 saturated heterocycles. The zero-order valence-corrected chi connectivity index (χ0v) is 12.6. The number of benzene rings is 2. The largest absolute Gasteiger partial charge is 0.140 e. The summed E-state index contributed by atoms with van der Waals surface area (Å²) >= 11 is 11.3. The second-order valence-electron chi connectivity index (χ2n) is 4.18. The van der Waals surface area contributed by atoms with Crippen LogP contribution in [-0.4, -0.2) is 0 Å². The van der Waals surface area contributed by atoms with Crippen molar-refractivity contribution in [1.29, 1.82) is 0 Å². The van der Waals surface area contributed by atoms with E-state index in [2.05, 4.69) is 58.4 Å². The fraction of sp³-hybridized carbons (Fsp3) is 0.0667. The molecule has 1 heterocycles. The average Bonchev–Trinajstić information content (AvgIpc) is 2.76. The van der Waals surface area contributed by atoms with Crippen molar-refractivity contribution in [3.8, 4) is 0 Å². The first-order valence-corrected chi connectivity index (χ1v) is 7.62. The Balaban J connectivity index is 1.93. The van der Waals surface area contributed by atoms with Crippen LogP contribution in [0.25, 0.3) is 10.1 Å². The number of hydrogen-bond donors (Lipinski definition) is 0. The van der Waals surface area contributed by atoms with E-state index >= 15 is 0 Å². The zero-order chi connectivity index (χ0) is 12.5. The van der Waals surface area contributed by atoms with Crippen molar-refractivity contribution in [2.45, 2.75) is 6.42 Å². The molecule has 0 atom stereocenters. The second-order valence-corrected chi connectivity index (χ2v) is 6.61. The van der Waals surface area contributed by atoms with Crippen LogP contribution in [0.15, 0.2) is 53.0 Å². The van der Waals surface area contributed by atoms with E-state index in [1.54, 1.807) is 0 Å². The summed E-state index contributed by atoms with van der Waals surface area (Å²) in [6.45, 7) is 0. The molecule has 0 unspecified atom stereocenters. The molecule has 1 aromatic heterocycles. The lowest BCUT2D eigenvalue weighted by Gasteiger charge is -2.01. The van der Waals surface area contributed by atoms with Crippen LogP contribution in [0.2, 0.25) is 5.02 Å². The molecule has 0 aliphatic heterocycles. The Hall–Kier alpha value is -0.830. The Morgan fingerprint density at radius 3 is 2.67 bits per heavy atom. The molecule has 0 aliphatic carbocycles. The molecule has 0 N–H and O–H groups in total. The Morgan fingerprint density at radius 1 is 1.06 bits per heavy atom. The molecule has 0 saturated carbocycles. The molecule has 0 bridgehead atoms. The quantitative estimate of drug-likeness (QED) is 0.545. The third-order valence-corrected chi connectivity index (χ3v) is 5.17. The van der Waals surface area contributed by atoms with Crippen LogP contribution < -0.4 is 0 Å². The van der Waals surface area contributed by atoms with Gasteiger partial charge in [0.1, 0.15) is 0 Å². The fourth-order valence-electron chi connectivity index (χ4n) is 1.97. The summed E-state index contributed by atoms with van der Waals surface area (Å²) in [6.07, 6.45) is 0.953. The molecular weight excluding hydrogens is 328 g/mol. The molecule has 3 heteroatoms. The van der Waals surface area contributed by atoms with Crippen molar-refractivity contribution in [3.63, 3.8) is 0 Å². The van der Waals surface area contributed by atoms with Crippen LogP contribution >= 0.6 is 38.9 Å². The first kappa shape index (κ1) is 12.2. The Kier molecular flexibility index (Phi) is 3.42. The predicted molar refractivity (Wildman–Crippen MR) is 83.8 cm³/mol. The maximum absolute atomic E-state index is 6.00. The standard InChI is InChI=1S/C15H10BrClS/c16-13-8-10(5-6-14(13)17)7-12-9-11-3-1-2-4-15(11)18-12/h1-6,8-9H,7H2. The lowest BCUT2D eigenvalue weighted by atomic mass is 10.1. The summed E-state index contributed by atoms with van der Waals surface area (Å²) in [6, 6.07) is 16.9. The molecule has 0 radical (unpaired) electrons. The fourth-order valence-corrected chi connectivity index (χ4v) is 3.62. The topological polar surface area (TPSA) is 0 Å². The van der Waals surface area contributed by atoms with Crippen LogP contribution in [0.5, 0.6) is 0 Å². The van der Waals surface area contributed by atoms with Gasteiger partial charge in [-0.1, -0.05) is 35.9 Å². The highest BCUT2D eigenvalue weighted by Gasteiger charge is 2.04. The second kappa shape index (κ2) is 5.04. The highest BCUT2D eigenvalue weighted by atomic mass is 79.9. The number of rotatable bonds is 2. The van der Waals surface area contributed by atoms with Crippen molar-refractivity contribution >= 4 is 49.0 Å². The molecule has 90 valence electrons. The van der Waals surface area contributed by atoms with Gasteiger partial charge in [0.2, 0.25) is 0 Å².